The molecule has 11 heavy (non-hydrogen) atoms. The van der Waals surface area contributed by atoms with E-state index in [1.807, 2.05) is 0 Å². The van der Waals surface area contributed by atoms with Crippen molar-refractivity contribution in [2.24, 2.45) is 5.73 Å². The van der Waals surface area contributed by atoms with E-state index in [4.69, 9.17) is 5.73 Å². The Kier molecular flexibility index (Phi) is 5.16. The average molecular weight is 156 g/mol. The summed E-state index contributed by atoms with van der Waals surface area (Å²) >= 11 is 0. The molecule has 0 aliphatic rings. The van der Waals surface area contributed by atoms with Crippen molar-refractivity contribution in [3.63, 3.8) is 0 Å². The summed E-state index contributed by atoms with van der Waals surface area (Å²) in [5.74, 6) is 0. The third-order valence-electron chi connectivity index (χ3n) is 1.46. The maximum Gasteiger partial charge on any atom is 0.0238 e. The zero-order valence-electron chi connectivity index (χ0n) is 8.09. The van der Waals surface area contributed by atoms with Crippen LogP contribution in [0.15, 0.2) is 11.6 Å². The normalized spacial score (nSPS) is 13.3. The molecule has 0 fully saturated rings. The molecular weight excluding hydrogens is 136 g/mol. The third-order valence-corrected chi connectivity index (χ3v) is 1.46. The van der Waals surface area contributed by atoms with Crippen LogP contribution in [-0.2, 0) is 0 Å². The number of hydrogen-bond donors (Lipinski definition) is 1. The van der Waals surface area contributed by atoms with Crippen LogP contribution >= 0.6 is 0 Å². The van der Waals surface area contributed by atoms with Crippen LogP contribution in [0.5, 0.6) is 0 Å². The summed E-state index contributed by atoms with van der Waals surface area (Å²) in [5.41, 5.74) is 7.12. The molecule has 0 spiro atoms. The number of nitrogens with zero attached hydrogens (tertiary/aromatic N) is 1. The fourth-order valence-corrected chi connectivity index (χ4v) is 0.919. The molecule has 0 bridgehead atoms. The summed E-state index contributed by atoms with van der Waals surface area (Å²) in [7, 11) is 4.13. The largest absolute Gasteiger partial charge is 0.324 e. The van der Waals surface area contributed by atoms with Crippen molar-refractivity contribution in [3.8, 4) is 0 Å². The van der Waals surface area contributed by atoms with E-state index in [0.29, 0.717) is 0 Å². The van der Waals surface area contributed by atoms with Crippen LogP contribution in [0.4, 0.5) is 0 Å². The molecule has 2 nitrogen and oxygen atoms in total. The molecule has 0 rings (SSSR count). The van der Waals surface area contributed by atoms with Gasteiger partial charge in [0.2, 0.25) is 0 Å². The fraction of sp³-hybridized carbons (Fsp3) is 0.778. The van der Waals surface area contributed by atoms with Crippen molar-refractivity contribution in [1.29, 1.82) is 0 Å². The van der Waals surface area contributed by atoms with Crippen LogP contribution in [0.3, 0.4) is 0 Å². The first-order valence-corrected chi connectivity index (χ1v) is 4.07. The maximum atomic E-state index is 5.82. The van der Waals surface area contributed by atoms with Crippen molar-refractivity contribution in [2.45, 2.75) is 26.3 Å². The topological polar surface area (TPSA) is 29.3 Å². The van der Waals surface area contributed by atoms with Gasteiger partial charge in [-0.2, -0.15) is 0 Å². The Morgan fingerprint density at radius 3 is 2.36 bits per heavy atom. The Bertz CT molecular complexity index is 124. The zero-order valence-corrected chi connectivity index (χ0v) is 8.09. The van der Waals surface area contributed by atoms with Crippen LogP contribution in [0.25, 0.3) is 0 Å². The van der Waals surface area contributed by atoms with Crippen LogP contribution < -0.4 is 5.73 Å². The SMILES string of the molecule is CC(C)=CC(N)CCN(C)C. The molecule has 66 valence electrons. The maximum absolute atomic E-state index is 5.82. The minimum atomic E-state index is 0.224. The van der Waals surface area contributed by atoms with E-state index in [0.717, 1.165) is 13.0 Å². The molecule has 0 aromatic carbocycles. The Hall–Kier alpha value is -0.340. The van der Waals surface area contributed by atoms with Gasteiger partial charge in [-0.15, -0.1) is 0 Å². The van der Waals surface area contributed by atoms with Crippen molar-refractivity contribution >= 4 is 0 Å². The van der Waals surface area contributed by atoms with Gasteiger partial charge in [-0.3, -0.25) is 0 Å². The highest BCUT2D eigenvalue weighted by Crippen LogP contribution is 1.96. The standard InChI is InChI=1S/C9H20N2/c1-8(2)7-9(10)5-6-11(3)4/h7,9H,5-6,10H2,1-4H3. The summed E-state index contributed by atoms with van der Waals surface area (Å²) < 4.78 is 0. The molecule has 0 saturated carbocycles. The fourth-order valence-electron chi connectivity index (χ4n) is 0.919. The van der Waals surface area contributed by atoms with Gasteiger partial charge in [0.1, 0.15) is 0 Å². The molecule has 0 aromatic heterocycles. The van der Waals surface area contributed by atoms with Gasteiger partial charge in [0.25, 0.3) is 0 Å². The summed E-state index contributed by atoms with van der Waals surface area (Å²) in [6, 6.07) is 0.224. The van der Waals surface area contributed by atoms with Crippen LogP contribution in [0.2, 0.25) is 0 Å². The first-order chi connectivity index (χ1) is 5.02. The van der Waals surface area contributed by atoms with E-state index >= 15 is 0 Å². The Morgan fingerprint density at radius 1 is 1.45 bits per heavy atom. The van der Waals surface area contributed by atoms with E-state index in [1.165, 1.54) is 5.57 Å². The highest BCUT2D eigenvalue weighted by molar-refractivity contribution is 4.99. The highest BCUT2D eigenvalue weighted by atomic mass is 15.0. The molecular formula is C9H20N2. The molecule has 0 amide bonds. The Labute approximate surface area is 70.1 Å². The highest BCUT2D eigenvalue weighted by Gasteiger charge is 1.98. The molecule has 2 N–H and O–H groups in total. The first kappa shape index (κ1) is 10.7. The van der Waals surface area contributed by atoms with Gasteiger partial charge in [0, 0.05) is 6.04 Å². The number of allylic oxidation sites excluding steroid dienone is 1. The second kappa shape index (κ2) is 5.33. The van der Waals surface area contributed by atoms with E-state index in [-0.39, 0.29) is 6.04 Å². The summed E-state index contributed by atoms with van der Waals surface area (Å²) in [6.07, 6.45) is 3.15. The van der Waals surface area contributed by atoms with E-state index in [2.05, 4.69) is 38.9 Å². The lowest BCUT2D eigenvalue weighted by molar-refractivity contribution is 0.392. The molecule has 0 heterocycles. The van der Waals surface area contributed by atoms with Crippen LogP contribution in [-0.4, -0.2) is 31.6 Å². The second-order valence-corrected chi connectivity index (χ2v) is 3.50. The van der Waals surface area contributed by atoms with Gasteiger partial charge in [0.05, 0.1) is 0 Å². The van der Waals surface area contributed by atoms with E-state index < -0.39 is 0 Å². The van der Waals surface area contributed by atoms with Crippen LogP contribution in [0, 0.1) is 0 Å². The molecule has 0 radical (unpaired) electrons. The van der Waals surface area contributed by atoms with E-state index in [9.17, 15) is 0 Å². The summed E-state index contributed by atoms with van der Waals surface area (Å²) in [5, 5.41) is 0. The molecule has 0 aliphatic heterocycles. The summed E-state index contributed by atoms with van der Waals surface area (Å²) in [4.78, 5) is 2.15. The van der Waals surface area contributed by atoms with Gasteiger partial charge in [-0.25, -0.2) is 0 Å². The zero-order chi connectivity index (χ0) is 8.85. The van der Waals surface area contributed by atoms with Gasteiger partial charge in [-0.05, 0) is 40.9 Å². The van der Waals surface area contributed by atoms with Crippen molar-refractivity contribution in [3.05, 3.63) is 11.6 Å². The van der Waals surface area contributed by atoms with E-state index in [1.54, 1.807) is 0 Å². The lowest BCUT2D eigenvalue weighted by Gasteiger charge is -2.12. The molecule has 0 aliphatic carbocycles. The quantitative estimate of drug-likeness (QED) is 0.620. The van der Waals surface area contributed by atoms with Gasteiger partial charge in [0.15, 0.2) is 0 Å². The Morgan fingerprint density at radius 2 is 2.00 bits per heavy atom. The van der Waals surface area contributed by atoms with Gasteiger partial charge in [-0.1, -0.05) is 11.6 Å². The number of nitrogens with two attached hydrogens (primary N) is 1. The van der Waals surface area contributed by atoms with Crippen molar-refractivity contribution in [2.75, 3.05) is 20.6 Å². The summed E-state index contributed by atoms with van der Waals surface area (Å²) in [6.45, 7) is 5.22. The van der Waals surface area contributed by atoms with Gasteiger partial charge < -0.3 is 10.6 Å². The number of hydrogen-bond acceptors (Lipinski definition) is 2. The Balaban J connectivity index is 3.53. The molecule has 0 aromatic rings. The molecule has 1 atom stereocenters. The monoisotopic (exact) mass is 156 g/mol. The minimum absolute atomic E-state index is 0.224. The van der Waals surface area contributed by atoms with Gasteiger partial charge >= 0.3 is 0 Å². The number of rotatable bonds is 4. The third kappa shape index (κ3) is 7.56. The molecule has 0 saturated heterocycles. The molecule has 1 unspecified atom stereocenters. The van der Waals surface area contributed by atoms with Crippen molar-refractivity contribution < 1.29 is 0 Å². The molecule has 2 heteroatoms. The average Bonchev–Trinajstić information content (AvgIpc) is 1.82. The predicted molar refractivity (Wildman–Crippen MR) is 50.6 cm³/mol. The van der Waals surface area contributed by atoms with Crippen molar-refractivity contribution in [1.82, 2.24) is 4.90 Å². The minimum Gasteiger partial charge on any atom is -0.324 e. The predicted octanol–water partition coefficient (Wildman–Crippen LogP) is 1.23. The first-order valence-electron chi connectivity index (χ1n) is 4.07. The lowest BCUT2D eigenvalue weighted by Crippen LogP contribution is -2.24. The second-order valence-electron chi connectivity index (χ2n) is 3.50. The lowest BCUT2D eigenvalue weighted by atomic mass is 10.1. The van der Waals surface area contributed by atoms with Crippen LogP contribution in [0.1, 0.15) is 20.3 Å². The smallest absolute Gasteiger partial charge is 0.0238 e.